The number of alkyl carbamates (subject to hydrolysis) is 1. The molecule has 1 aliphatic rings. The molecule has 1 heterocycles. The molecule has 80 valence electrons. The average Bonchev–Trinajstić information content (AvgIpc) is 2.58. The molecule has 0 saturated carbocycles. The second kappa shape index (κ2) is 3.69. The Kier molecular flexibility index (Phi) is 2.52. The van der Waals surface area contributed by atoms with E-state index < -0.39 is 23.8 Å². The van der Waals surface area contributed by atoms with Crippen molar-refractivity contribution >= 4 is 22.0 Å². The molecule has 2 rings (SSSR count). The zero-order valence-electron chi connectivity index (χ0n) is 7.46. The molecule has 1 amide bonds. The molecule has 1 fully saturated rings. The molecule has 0 spiro atoms. The lowest BCUT2D eigenvalue weighted by molar-refractivity contribution is 0.139. The van der Waals surface area contributed by atoms with Gasteiger partial charge in [0, 0.05) is 10.0 Å². The Morgan fingerprint density at radius 3 is 2.93 bits per heavy atom. The zero-order chi connectivity index (χ0) is 11.0. The van der Waals surface area contributed by atoms with Gasteiger partial charge in [0.05, 0.1) is 6.54 Å². The molecule has 4 nitrogen and oxygen atoms in total. The summed E-state index contributed by atoms with van der Waals surface area (Å²) < 4.78 is 18.5. The third-order valence-corrected chi connectivity index (χ3v) is 2.54. The highest BCUT2D eigenvalue weighted by Crippen LogP contribution is 2.33. The van der Waals surface area contributed by atoms with Crippen LogP contribution in [0, 0.1) is 5.82 Å². The lowest BCUT2D eigenvalue weighted by atomic mass is 10.1. The zero-order valence-corrected chi connectivity index (χ0v) is 9.04. The molecule has 1 aromatic carbocycles. The SMILES string of the molecule is O=C1NCC(c2cc(Br)cc(F)c2O)O1. The summed E-state index contributed by atoms with van der Waals surface area (Å²) in [5.41, 5.74) is 0.250. The quantitative estimate of drug-likeness (QED) is 0.825. The van der Waals surface area contributed by atoms with Gasteiger partial charge in [0.15, 0.2) is 11.6 Å². The van der Waals surface area contributed by atoms with Crippen LogP contribution >= 0.6 is 15.9 Å². The van der Waals surface area contributed by atoms with Gasteiger partial charge in [-0.25, -0.2) is 9.18 Å². The molecule has 15 heavy (non-hydrogen) atoms. The van der Waals surface area contributed by atoms with Crippen LogP contribution in [-0.2, 0) is 4.74 Å². The van der Waals surface area contributed by atoms with Crippen LogP contribution in [-0.4, -0.2) is 17.7 Å². The number of hydrogen-bond acceptors (Lipinski definition) is 3. The highest BCUT2D eigenvalue weighted by molar-refractivity contribution is 9.10. The number of nitrogens with one attached hydrogen (secondary N) is 1. The van der Waals surface area contributed by atoms with Gasteiger partial charge in [0.25, 0.3) is 0 Å². The molecular weight excluding hydrogens is 269 g/mol. The van der Waals surface area contributed by atoms with E-state index in [0.29, 0.717) is 4.47 Å². The van der Waals surface area contributed by atoms with Gasteiger partial charge in [-0.1, -0.05) is 15.9 Å². The lowest BCUT2D eigenvalue weighted by Crippen LogP contribution is -2.12. The largest absolute Gasteiger partial charge is 0.505 e. The molecule has 1 saturated heterocycles. The lowest BCUT2D eigenvalue weighted by Gasteiger charge is -2.11. The van der Waals surface area contributed by atoms with Crippen molar-refractivity contribution in [1.29, 1.82) is 0 Å². The molecule has 0 bridgehead atoms. The molecule has 0 aromatic heterocycles. The van der Waals surface area contributed by atoms with Crippen molar-refractivity contribution in [2.24, 2.45) is 0 Å². The van der Waals surface area contributed by atoms with E-state index in [1.807, 2.05) is 0 Å². The van der Waals surface area contributed by atoms with Crippen LogP contribution in [0.15, 0.2) is 16.6 Å². The Bertz CT molecular complexity index is 424. The van der Waals surface area contributed by atoms with Crippen molar-refractivity contribution in [3.05, 3.63) is 28.0 Å². The minimum absolute atomic E-state index is 0.224. The van der Waals surface area contributed by atoms with Gasteiger partial charge in [0.1, 0.15) is 6.10 Å². The van der Waals surface area contributed by atoms with Crippen molar-refractivity contribution in [3.8, 4) is 5.75 Å². The summed E-state index contributed by atoms with van der Waals surface area (Å²) in [4.78, 5) is 10.8. The van der Waals surface area contributed by atoms with E-state index in [1.54, 1.807) is 0 Å². The van der Waals surface area contributed by atoms with E-state index >= 15 is 0 Å². The van der Waals surface area contributed by atoms with Crippen LogP contribution in [0.25, 0.3) is 0 Å². The number of benzene rings is 1. The minimum Gasteiger partial charge on any atom is -0.505 e. The molecule has 0 aliphatic carbocycles. The molecule has 6 heteroatoms. The summed E-state index contributed by atoms with van der Waals surface area (Å²) >= 11 is 3.10. The van der Waals surface area contributed by atoms with Gasteiger partial charge in [0.2, 0.25) is 0 Å². The van der Waals surface area contributed by atoms with Gasteiger partial charge >= 0.3 is 6.09 Å². The summed E-state index contributed by atoms with van der Waals surface area (Å²) in [6, 6.07) is 2.66. The molecule has 1 atom stereocenters. The fraction of sp³-hybridized carbons (Fsp3) is 0.222. The number of rotatable bonds is 1. The Hall–Kier alpha value is -1.30. The van der Waals surface area contributed by atoms with Crippen molar-refractivity contribution in [2.45, 2.75) is 6.10 Å². The second-order valence-electron chi connectivity index (χ2n) is 3.10. The fourth-order valence-corrected chi connectivity index (χ4v) is 1.84. The first-order chi connectivity index (χ1) is 7.08. The van der Waals surface area contributed by atoms with Crippen molar-refractivity contribution in [2.75, 3.05) is 6.54 Å². The average molecular weight is 276 g/mol. The molecule has 1 aliphatic heterocycles. The van der Waals surface area contributed by atoms with E-state index in [2.05, 4.69) is 21.2 Å². The summed E-state index contributed by atoms with van der Waals surface area (Å²) in [5.74, 6) is -1.23. The van der Waals surface area contributed by atoms with Crippen LogP contribution in [0.3, 0.4) is 0 Å². The number of aromatic hydroxyl groups is 1. The first-order valence-corrected chi connectivity index (χ1v) is 4.99. The summed E-state index contributed by atoms with van der Waals surface area (Å²) in [5, 5.41) is 11.9. The number of halogens is 2. The Morgan fingerprint density at radius 2 is 2.33 bits per heavy atom. The predicted octanol–water partition coefficient (Wildman–Crippen LogP) is 2.07. The highest BCUT2D eigenvalue weighted by Gasteiger charge is 2.28. The Labute approximate surface area is 93.2 Å². The Morgan fingerprint density at radius 1 is 1.60 bits per heavy atom. The molecule has 1 aromatic rings. The maximum atomic E-state index is 13.1. The molecule has 2 N–H and O–H groups in total. The van der Waals surface area contributed by atoms with E-state index in [4.69, 9.17) is 4.74 Å². The van der Waals surface area contributed by atoms with E-state index in [-0.39, 0.29) is 12.1 Å². The molecule has 1 unspecified atom stereocenters. The summed E-state index contributed by atoms with van der Waals surface area (Å²) in [6.45, 7) is 0.224. The fourth-order valence-electron chi connectivity index (χ4n) is 1.39. The van der Waals surface area contributed by atoms with E-state index in [0.717, 1.165) is 6.07 Å². The highest BCUT2D eigenvalue weighted by atomic mass is 79.9. The first-order valence-electron chi connectivity index (χ1n) is 4.20. The van der Waals surface area contributed by atoms with Crippen molar-refractivity contribution in [3.63, 3.8) is 0 Å². The van der Waals surface area contributed by atoms with Crippen LogP contribution in [0.1, 0.15) is 11.7 Å². The number of hydrogen-bond donors (Lipinski definition) is 2. The predicted molar refractivity (Wildman–Crippen MR) is 53.0 cm³/mol. The maximum Gasteiger partial charge on any atom is 0.407 e. The number of ether oxygens (including phenoxy) is 1. The van der Waals surface area contributed by atoms with Gasteiger partial charge in [-0.2, -0.15) is 0 Å². The smallest absolute Gasteiger partial charge is 0.407 e. The standard InChI is InChI=1S/C9H7BrFNO3/c10-4-1-5(8(13)6(11)2-4)7-3-12-9(14)15-7/h1-2,7,13H,3H2,(H,12,14). The van der Waals surface area contributed by atoms with Crippen LogP contribution in [0.4, 0.5) is 9.18 Å². The number of carbonyl (C=O) groups excluding carboxylic acids is 1. The van der Waals surface area contributed by atoms with E-state index in [9.17, 15) is 14.3 Å². The van der Waals surface area contributed by atoms with E-state index in [1.165, 1.54) is 6.07 Å². The van der Waals surface area contributed by atoms with Crippen molar-refractivity contribution in [1.82, 2.24) is 5.32 Å². The van der Waals surface area contributed by atoms with Gasteiger partial charge in [-0.3, -0.25) is 0 Å². The monoisotopic (exact) mass is 275 g/mol. The first kappa shape index (κ1) is 10.2. The Balaban J connectivity index is 2.39. The summed E-state index contributed by atoms with van der Waals surface area (Å²) in [6.07, 6.45) is -1.22. The molecular formula is C9H7BrFNO3. The minimum atomic E-state index is -0.748. The third kappa shape index (κ3) is 1.90. The van der Waals surface area contributed by atoms with Crippen molar-refractivity contribution < 1.29 is 19.0 Å². The summed E-state index contributed by atoms with van der Waals surface area (Å²) in [7, 11) is 0. The normalized spacial score (nSPS) is 19.9. The number of cyclic esters (lactones) is 1. The number of phenolic OH excluding ortho intramolecular Hbond substituents is 1. The topological polar surface area (TPSA) is 58.6 Å². The maximum absolute atomic E-state index is 13.1. The van der Waals surface area contributed by atoms with Gasteiger partial charge in [-0.15, -0.1) is 0 Å². The van der Waals surface area contributed by atoms with Crippen LogP contribution < -0.4 is 5.32 Å². The van der Waals surface area contributed by atoms with Crippen LogP contribution in [0.2, 0.25) is 0 Å². The number of carbonyl (C=O) groups is 1. The number of amides is 1. The second-order valence-corrected chi connectivity index (χ2v) is 4.02. The number of phenols is 1. The van der Waals surface area contributed by atoms with Gasteiger partial charge < -0.3 is 15.2 Å². The molecule has 0 radical (unpaired) electrons. The van der Waals surface area contributed by atoms with Gasteiger partial charge in [-0.05, 0) is 12.1 Å². The third-order valence-electron chi connectivity index (χ3n) is 2.09. The van der Waals surface area contributed by atoms with Crippen LogP contribution in [0.5, 0.6) is 5.75 Å².